The molecule has 2 aromatic rings. The van der Waals surface area contributed by atoms with Gasteiger partial charge in [0.1, 0.15) is 9.12 Å². The number of fused-ring (bicyclic) bond motifs is 3. The number of benzene rings is 1. The average Bonchev–Trinajstić information content (AvgIpc) is 3.37. The molecule has 0 unspecified atom stereocenters. The van der Waals surface area contributed by atoms with Gasteiger partial charge in [0.05, 0.1) is 12.1 Å². The van der Waals surface area contributed by atoms with Crippen molar-refractivity contribution in [2.24, 2.45) is 5.41 Å². The van der Waals surface area contributed by atoms with Gasteiger partial charge in [0.2, 0.25) is 11.8 Å². The molecule has 2 spiro atoms. The maximum absolute atomic E-state index is 16.1. The van der Waals surface area contributed by atoms with Crippen molar-refractivity contribution in [2.45, 2.75) is 100 Å². The first-order chi connectivity index (χ1) is 19.0. The van der Waals surface area contributed by atoms with Crippen LogP contribution in [0.1, 0.15) is 82.3 Å². The molecule has 2 amide bonds. The predicted molar refractivity (Wildman–Crippen MR) is 160 cm³/mol. The molecule has 2 aliphatic heterocycles. The van der Waals surface area contributed by atoms with Crippen molar-refractivity contribution >= 4 is 51.7 Å². The van der Waals surface area contributed by atoms with Crippen molar-refractivity contribution in [1.29, 1.82) is 0 Å². The molecule has 7 nitrogen and oxygen atoms in total. The third kappa shape index (κ3) is 4.37. The molecule has 0 radical (unpaired) electrons. The van der Waals surface area contributed by atoms with Gasteiger partial charge < -0.3 is 15.7 Å². The van der Waals surface area contributed by atoms with E-state index in [1.54, 1.807) is 24.4 Å². The second-order valence-corrected chi connectivity index (χ2v) is 14.3. The number of hydrogen-bond acceptors (Lipinski definition) is 5. The zero-order valence-corrected chi connectivity index (χ0v) is 25.6. The smallest absolute Gasteiger partial charge is 0.238 e. The Balaban J connectivity index is 1.54. The van der Waals surface area contributed by atoms with E-state index in [1.807, 2.05) is 28.7 Å². The molecule has 1 aromatic carbocycles. The van der Waals surface area contributed by atoms with E-state index in [0.29, 0.717) is 54.8 Å². The molecule has 2 saturated carbocycles. The van der Waals surface area contributed by atoms with Gasteiger partial charge in [0.25, 0.3) is 0 Å². The van der Waals surface area contributed by atoms with Crippen molar-refractivity contribution in [2.75, 3.05) is 5.32 Å². The number of halogens is 3. The Bertz CT molecular complexity index is 1350. The predicted octanol–water partition coefficient (Wildman–Crippen LogP) is 5.18. The summed E-state index contributed by atoms with van der Waals surface area (Å²) in [5.74, 6) is -1.80. The van der Waals surface area contributed by atoms with Crippen molar-refractivity contribution in [1.82, 2.24) is 15.6 Å². The molecule has 214 valence electrons. The molecular weight excluding hydrogens is 646 g/mol. The van der Waals surface area contributed by atoms with E-state index in [2.05, 4.69) is 34.8 Å². The lowest BCUT2D eigenvalue weighted by Gasteiger charge is -2.50. The molecule has 40 heavy (non-hydrogen) atoms. The normalized spacial score (nSPS) is 32.2. The number of nitrogens with one attached hydrogen (secondary N) is 3. The number of aliphatic hydroxyl groups is 1. The minimum Gasteiger partial charge on any atom is -0.393 e. The van der Waals surface area contributed by atoms with Gasteiger partial charge in [-0.05, 0) is 109 Å². The number of anilines is 1. The van der Waals surface area contributed by atoms with Gasteiger partial charge in [-0.3, -0.25) is 14.9 Å². The fraction of sp³-hybridized carbons (Fsp3) is 0.567. The number of pyridine rings is 1. The zero-order valence-electron chi connectivity index (χ0n) is 22.7. The van der Waals surface area contributed by atoms with E-state index in [4.69, 9.17) is 11.6 Å². The van der Waals surface area contributed by atoms with Crippen molar-refractivity contribution < 1.29 is 19.1 Å². The maximum Gasteiger partial charge on any atom is 0.238 e. The Morgan fingerprint density at radius 3 is 2.55 bits per heavy atom. The standard InChI is InChI=1S/C30H35ClFIN4O3/c1-28(2)10-12-29(13-11-28)30(20-8-3-16(31)15-21(20)36-27(30)40)22(19-9-14-34-25(33)23(19)32)24(37-29)26(39)35-17-4-6-18(38)7-5-17/h3,8-9,14-15,17-18,22,24,37-38H,4-7,10-13H2,1-2H3,(H,35,39)(H,36,40)/t17?,18?,22-,24+,30+/m0/s1. The third-order valence-electron chi connectivity index (χ3n) is 9.99. The summed E-state index contributed by atoms with van der Waals surface area (Å²) in [4.78, 5) is 32.8. The van der Waals surface area contributed by atoms with Crippen molar-refractivity contribution in [3.05, 3.63) is 56.1 Å². The van der Waals surface area contributed by atoms with Gasteiger partial charge >= 0.3 is 0 Å². The lowest BCUT2D eigenvalue weighted by Crippen LogP contribution is -2.61. The van der Waals surface area contributed by atoms with Crippen LogP contribution < -0.4 is 16.0 Å². The summed E-state index contributed by atoms with van der Waals surface area (Å²) in [6.07, 6.45) is 6.86. The monoisotopic (exact) mass is 680 g/mol. The Morgan fingerprint density at radius 1 is 1.15 bits per heavy atom. The Morgan fingerprint density at radius 2 is 1.85 bits per heavy atom. The Hall–Kier alpha value is -1.82. The maximum atomic E-state index is 16.1. The van der Waals surface area contributed by atoms with Gasteiger partial charge in [-0.1, -0.05) is 31.5 Å². The van der Waals surface area contributed by atoms with Crippen LogP contribution in [0.15, 0.2) is 30.5 Å². The number of hydrogen-bond donors (Lipinski definition) is 4. The van der Waals surface area contributed by atoms with Crippen LogP contribution in [-0.4, -0.2) is 45.6 Å². The molecule has 3 atom stereocenters. The summed E-state index contributed by atoms with van der Waals surface area (Å²) >= 11 is 8.23. The van der Waals surface area contributed by atoms with E-state index >= 15 is 4.39 Å². The van der Waals surface area contributed by atoms with E-state index in [0.717, 1.165) is 18.4 Å². The van der Waals surface area contributed by atoms with Gasteiger partial charge in [0, 0.05) is 34.4 Å². The summed E-state index contributed by atoms with van der Waals surface area (Å²) in [6, 6.07) is 6.08. The number of aromatic nitrogens is 1. The summed E-state index contributed by atoms with van der Waals surface area (Å²) in [5, 5.41) is 20.5. The van der Waals surface area contributed by atoms with Crippen LogP contribution in [0.25, 0.3) is 0 Å². The topological polar surface area (TPSA) is 103 Å². The highest BCUT2D eigenvalue weighted by Crippen LogP contribution is 2.64. The third-order valence-corrected chi connectivity index (χ3v) is 11.0. The fourth-order valence-corrected chi connectivity index (χ4v) is 8.48. The number of carbonyl (C=O) groups is 2. The molecule has 2 aliphatic carbocycles. The molecule has 3 heterocycles. The van der Waals surface area contributed by atoms with Gasteiger partial charge in [0.15, 0.2) is 5.82 Å². The number of carbonyl (C=O) groups excluding carboxylic acids is 2. The molecule has 10 heteroatoms. The highest BCUT2D eigenvalue weighted by Gasteiger charge is 2.73. The molecule has 1 saturated heterocycles. The summed E-state index contributed by atoms with van der Waals surface area (Å²) in [5.41, 5.74) is -0.253. The van der Waals surface area contributed by atoms with Gasteiger partial charge in [-0.15, -0.1) is 0 Å². The first-order valence-corrected chi connectivity index (χ1v) is 15.6. The zero-order chi connectivity index (χ0) is 28.4. The molecular formula is C30H35ClFIN4O3. The number of amides is 2. The van der Waals surface area contributed by atoms with E-state index < -0.39 is 28.7 Å². The fourth-order valence-electron chi connectivity index (χ4n) is 7.84. The first kappa shape index (κ1) is 28.3. The Labute approximate surface area is 252 Å². The second-order valence-electron chi connectivity index (χ2n) is 12.8. The minimum absolute atomic E-state index is 0.0814. The van der Waals surface area contributed by atoms with Crippen molar-refractivity contribution in [3.8, 4) is 0 Å². The van der Waals surface area contributed by atoms with Crippen LogP contribution in [0.2, 0.25) is 5.02 Å². The molecule has 3 fully saturated rings. The van der Waals surface area contributed by atoms with E-state index in [-0.39, 0.29) is 33.1 Å². The lowest BCUT2D eigenvalue weighted by atomic mass is 9.53. The lowest BCUT2D eigenvalue weighted by molar-refractivity contribution is -0.125. The van der Waals surface area contributed by atoms with Gasteiger partial charge in [-0.25, -0.2) is 9.37 Å². The highest BCUT2D eigenvalue weighted by atomic mass is 127. The number of nitrogens with zero attached hydrogens (tertiary/aromatic N) is 1. The van der Waals surface area contributed by atoms with Crippen LogP contribution in [0.5, 0.6) is 0 Å². The highest BCUT2D eigenvalue weighted by molar-refractivity contribution is 14.1. The van der Waals surface area contributed by atoms with Crippen LogP contribution >= 0.6 is 34.2 Å². The summed E-state index contributed by atoms with van der Waals surface area (Å²) in [6.45, 7) is 4.46. The summed E-state index contributed by atoms with van der Waals surface area (Å²) in [7, 11) is 0. The van der Waals surface area contributed by atoms with Gasteiger partial charge in [-0.2, -0.15) is 0 Å². The Kier molecular flexibility index (Phi) is 7.20. The molecule has 1 aromatic heterocycles. The number of rotatable bonds is 3. The van der Waals surface area contributed by atoms with Crippen LogP contribution in [0.4, 0.5) is 10.1 Å². The quantitative estimate of drug-likeness (QED) is 0.264. The van der Waals surface area contributed by atoms with Crippen molar-refractivity contribution in [3.63, 3.8) is 0 Å². The first-order valence-electron chi connectivity index (χ1n) is 14.1. The van der Waals surface area contributed by atoms with Crippen LogP contribution in [0.3, 0.4) is 0 Å². The van der Waals surface area contributed by atoms with Crippen LogP contribution in [-0.2, 0) is 15.0 Å². The second kappa shape index (κ2) is 10.2. The minimum atomic E-state index is -1.24. The van der Waals surface area contributed by atoms with E-state index in [1.165, 1.54) is 0 Å². The SMILES string of the molecule is CC1(C)CCC2(CC1)N[C@@H](C(=O)NC1CCC(O)CC1)[C@H](c1ccnc(I)c1F)[C@]21C(=O)Nc2cc(Cl)ccc21. The number of aliphatic hydroxyl groups excluding tert-OH is 1. The van der Waals surface area contributed by atoms with E-state index in [9.17, 15) is 14.7 Å². The van der Waals surface area contributed by atoms with Crippen LogP contribution in [0, 0.1) is 14.9 Å². The largest absolute Gasteiger partial charge is 0.393 e. The molecule has 6 rings (SSSR count). The molecule has 4 N–H and O–H groups in total. The molecule has 0 bridgehead atoms. The molecule has 4 aliphatic rings. The average molecular weight is 681 g/mol. The summed E-state index contributed by atoms with van der Waals surface area (Å²) < 4.78 is 16.3.